The van der Waals surface area contributed by atoms with E-state index < -0.39 is 16.1 Å². The number of aliphatic imine (C=N–C) groups is 1. The van der Waals surface area contributed by atoms with Crippen LogP contribution in [-0.2, 0) is 26.0 Å². The highest BCUT2D eigenvalue weighted by Gasteiger charge is 2.32. The second-order valence-electron chi connectivity index (χ2n) is 14.9. The van der Waals surface area contributed by atoms with Crippen LogP contribution in [0.2, 0.25) is 0 Å². The summed E-state index contributed by atoms with van der Waals surface area (Å²) in [5, 5.41) is 22.9. The smallest absolute Gasteiger partial charge is 0.308 e. The summed E-state index contributed by atoms with van der Waals surface area (Å²) in [7, 11) is -2.52. The first-order valence-corrected chi connectivity index (χ1v) is 22.0. The average molecular weight is 851 g/mol. The zero-order chi connectivity index (χ0) is 43.0. The maximum absolute atomic E-state index is 13.2. The number of rotatable bonds is 12. The maximum Gasteiger partial charge on any atom is 0.308 e. The fraction of sp³-hybridized carbons (Fsp3) is 0.217. The number of sulfonamides is 1. The van der Waals surface area contributed by atoms with Crippen LogP contribution in [0.4, 0.5) is 5.69 Å². The van der Waals surface area contributed by atoms with Crippen LogP contribution in [0.15, 0.2) is 101 Å². The minimum absolute atomic E-state index is 0.0327. The molecule has 0 saturated heterocycles. The van der Waals surface area contributed by atoms with Gasteiger partial charge in [-0.1, -0.05) is 54.6 Å². The molecule has 15 heteroatoms. The van der Waals surface area contributed by atoms with Crippen molar-refractivity contribution in [3.05, 3.63) is 147 Å². The van der Waals surface area contributed by atoms with Gasteiger partial charge in [-0.2, -0.15) is 5.26 Å². The molecule has 7 aromatic rings. The number of amides is 1. The Kier molecular flexibility index (Phi) is 11.1. The first kappa shape index (κ1) is 40.9. The van der Waals surface area contributed by atoms with E-state index in [0.717, 1.165) is 60.4 Å². The van der Waals surface area contributed by atoms with Gasteiger partial charge in [0.15, 0.2) is 5.82 Å². The largest absolute Gasteiger partial charge is 0.469 e. The van der Waals surface area contributed by atoms with Gasteiger partial charge in [0.1, 0.15) is 22.9 Å². The van der Waals surface area contributed by atoms with Crippen molar-refractivity contribution in [2.45, 2.75) is 57.9 Å². The van der Waals surface area contributed by atoms with E-state index in [-0.39, 0.29) is 23.2 Å². The summed E-state index contributed by atoms with van der Waals surface area (Å²) in [4.78, 5) is 35.0. The van der Waals surface area contributed by atoms with Gasteiger partial charge in [-0.15, -0.1) is 21.5 Å². The monoisotopic (exact) mass is 850 g/mol. The summed E-state index contributed by atoms with van der Waals surface area (Å²) < 4.78 is 36.2. The molecule has 0 unspecified atom stereocenters. The van der Waals surface area contributed by atoms with Crippen LogP contribution >= 0.6 is 11.3 Å². The van der Waals surface area contributed by atoms with Crippen LogP contribution in [-0.4, -0.2) is 59.4 Å². The summed E-state index contributed by atoms with van der Waals surface area (Å²) in [6, 6.07) is 27.3. The molecule has 1 amide bonds. The molecule has 0 saturated carbocycles. The zero-order valence-electron chi connectivity index (χ0n) is 34.2. The Hall–Kier alpha value is -6.89. The van der Waals surface area contributed by atoms with E-state index >= 15 is 0 Å². The topological polar surface area (TPSA) is 184 Å². The molecular weight excluding hydrogens is 809 g/mol. The number of hydrogen-bond acceptors (Lipinski definition) is 10. The number of nitrogens with one attached hydrogen (secondary N) is 3. The van der Waals surface area contributed by atoms with Crippen LogP contribution in [0.3, 0.4) is 0 Å². The van der Waals surface area contributed by atoms with E-state index in [4.69, 9.17) is 9.73 Å². The third-order valence-electron chi connectivity index (χ3n) is 11.0. The van der Waals surface area contributed by atoms with Gasteiger partial charge in [0.2, 0.25) is 0 Å². The quantitative estimate of drug-likeness (QED) is 0.0812. The van der Waals surface area contributed by atoms with Gasteiger partial charge in [-0.05, 0) is 98.7 Å². The van der Waals surface area contributed by atoms with E-state index in [1.165, 1.54) is 7.11 Å². The highest BCUT2D eigenvalue weighted by atomic mass is 32.2. The van der Waals surface area contributed by atoms with Gasteiger partial charge < -0.3 is 15.0 Å². The number of aromatic nitrogens is 4. The van der Waals surface area contributed by atoms with E-state index in [2.05, 4.69) is 45.1 Å². The molecule has 1 atom stereocenters. The summed E-state index contributed by atoms with van der Waals surface area (Å²) >= 11 is 1.65. The Labute approximate surface area is 357 Å². The predicted octanol–water partition coefficient (Wildman–Crippen LogP) is 8.20. The van der Waals surface area contributed by atoms with Gasteiger partial charge in [0.05, 0.1) is 40.9 Å². The van der Waals surface area contributed by atoms with Gasteiger partial charge in [0, 0.05) is 39.7 Å². The first-order chi connectivity index (χ1) is 29.4. The maximum atomic E-state index is 13.2. The second kappa shape index (κ2) is 16.6. The minimum atomic E-state index is -3.88. The molecule has 61 heavy (non-hydrogen) atoms. The Morgan fingerprint density at radius 2 is 1.61 bits per heavy atom. The molecule has 0 fully saturated rings. The van der Waals surface area contributed by atoms with E-state index in [1.54, 1.807) is 66.1 Å². The van der Waals surface area contributed by atoms with Crippen molar-refractivity contribution in [2.24, 2.45) is 4.99 Å². The number of nitrogens with zero attached hydrogens (tertiary/aromatic N) is 5. The summed E-state index contributed by atoms with van der Waals surface area (Å²) in [5.41, 5.74) is 9.44. The van der Waals surface area contributed by atoms with Crippen molar-refractivity contribution in [1.29, 1.82) is 5.26 Å². The SMILES string of the molecule is COC(=O)C[C@@H]1N=C(c2ccc(-c3ccc(C(=O)NCCCc4ccc(S(=O)(=O)Nc5ccc(C)c6c(C#N)c[nH]c56)cc4)cc3)cc2)c2c(sc(C)c2C)-n2c(C)nnc21. The van der Waals surface area contributed by atoms with Crippen molar-refractivity contribution >= 4 is 55.5 Å². The fourth-order valence-electron chi connectivity index (χ4n) is 7.63. The molecule has 4 heterocycles. The molecule has 0 aliphatic carbocycles. The number of fused-ring (bicyclic) bond motifs is 4. The van der Waals surface area contributed by atoms with Crippen LogP contribution in [0, 0.1) is 39.0 Å². The molecule has 0 radical (unpaired) electrons. The van der Waals surface area contributed by atoms with Crippen molar-refractivity contribution in [3.8, 4) is 22.2 Å². The number of esters is 1. The number of methoxy groups -OCH3 is 1. The molecule has 8 rings (SSSR count). The number of anilines is 1. The Balaban J connectivity index is 0.886. The predicted molar refractivity (Wildman–Crippen MR) is 236 cm³/mol. The van der Waals surface area contributed by atoms with Gasteiger partial charge >= 0.3 is 5.97 Å². The molecule has 4 aromatic carbocycles. The van der Waals surface area contributed by atoms with Gasteiger partial charge in [-0.25, -0.2) is 8.42 Å². The lowest BCUT2D eigenvalue weighted by Gasteiger charge is -2.12. The number of nitriles is 1. The third-order valence-corrected chi connectivity index (χ3v) is 13.6. The van der Waals surface area contributed by atoms with Crippen LogP contribution in [0.1, 0.15) is 79.1 Å². The summed E-state index contributed by atoms with van der Waals surface area (Å²) in [6.07, 6.45) is 2.91. The average Bonchev–Trinajstić information content (AvgIpc) is 3.94. The van der Waals surface area contributed by atoms with E-state index in [9.17, 15) is 23.3 Å². The number of carbonyl (C=O) groups is 2. The lowest BCUT2D eigenvalue weighted by atomic mass is 9.96. The number of hydrogen-bond donors (Lipinski definition) is 3. The molecule has 308 valence electrons. The molecule has 0 spiro atoms. The molecule has 13 nitrogen and oxygen atoms in total. The molecular formula is C46H42N8O5S2. The molecule has 3 aromatic heterocycles. The number of aryl methyl sites for hydroxylation is 4. The number of aromatic amines is 1. The second-order valence-corrected chi connectivity index (χ2v) is 17.8. The van der Waals surface area contributed by atoms with Crippen LogP contribution < -0.4 is 10.0 Å². The standard InChI is InChI=1S/C46H42N8O5S2/c1-26-8-21-37(43-40(26)35(24-47)25-49-43)53-61(57,58)36-19-9-30(10-20-36)7-6-22-48-45(56)34-17-13-32(14-18-34)31-11-15-33(16-12-31)42-41-27(2)28(3)60-46(41)54-29(4)51-52-44(54)38(50-42)23-39(55)59-5/h8-21,25,38,49,53H,6-7,22-23H2,1-5H3,(H,48,56)/t38-/m0/s1. The van der Waals surface area contributed by atoms with E-state index in [0.29, 0.717) is 52.9 Å². The number of thiophene rings is 1. The molecule has 0 bridgehead atoms. The molecule has 1 aliphatic rings. The van der Waals surface area contributed by atoms with Crippen molar-refractivity contribution in [1.82, 2.24) is 25.1 Å². The lowest BCUT2D eigenvalue weighted by Crippen LogP contribution is -2.24. The van der Waals surface area contributed by atoms with Crippen molar-refractivity contribution in [3.63, 3.8) is 0 Å². The van der Waals surface area contributed by atoms with E-state index in [1.807, 2.05) is 54.8 Å². The minimum Gasteiger partial charge on any atom is -0.469 e. The number of H-pyrrole nitrogens is 1. The first-order valence-electron chi connectivity index (χ1n) is 19.7. The number of ether oxygens (including phenoxy) is 1. The zero-order valence-corrected chi connectivity index (χ0v) is 35.8. The lowest BCUT2D eigenvalue weighted by molar-refractivity contribution is -0.141. The van der Waals surface area contributed by atoms with Gasteiger partial charge in [-0.3, -0.25) is 23.9 Å². The van der Waals surface area contributed by atoms with Gasteiger partial charge in [0.25, 0.3) is 15.9 Å². The van der Waals surface area contributed by atoms with Crippen LogP contribution in [0.5, 0.6) is 0 Å². The number of carbonyl (C=O) groups excluding carboxylic acids is 2. The fourth-order valence-corrected chi connectivity index (χ4v) is 9.92. The highest BCUT2D eigenvalue weighted by molar-refractivity contribution is 7.92. The normalized spacial score (nSPS) is 13.4. The Morgan fingerprint density at radius 1 is 0.918 bits per heavy atom. The summed E-state index contributed by atoms with van der Waals surface area (Å²) in [6.45, 7) is 8.39. The van der Waals surface area contributed by atoms with Crippen molar-refractivity contribution in [2.75, 3.05) is 18.4 Å². The molecule has 1 aliphatic heterocycles. The summed E-state index contributed by atoms with van der Waals surface area (Å²) in [5.74, 6) is 0.763. The Morgan fingerprint density at radius 3 is 2.30 bits per heavy atom. The third kappa shape index (κ3) is 7.95. The highest BCUT2D eigenvalue weighted by Crippen LogP contribution is 2.40. The van der Waals surface area contributed by atoms with Crippen LogP contribution in [0.25, 0.3) is 27.0 Å². The van der Waals surface area contributed by atoms with Crippen molar-refractivity contribution < 1.29 is 22.7 Å². The Bertz CT molecular complexity index is 3010. The number of benzene rings is 4. The molecule has 3 N–H and O–H groups in total.